The van der Waals surface area contributed by atoms with Gasteiger partial charge in [0.1, 0.15) is 0 Å². The van der Waals surface area contributed by atoms with Crippen LogP contribution in [0.25, 0.3) is 0 Å². The molecule has 1 unspecified atom stereocenters. The molecule has 0 aromatic carbocycles. The second-order valence-electron chi connectivity index (χ2n) is 6.54. The Kier molecular flexibility index (Phi) is 5.46. The van der Waals surface area contributed by atoms with Gasteiger partial charge in [0.15, 0.2) is 0 Å². The fourth-order valence-corrected chi connectivity index (χ4v) is 3.04. The predicted octanol–water partition coefficient (Wildman–Crippen LogP) is 2.48. The first-order valence-electron chi connectivity index (χ1n) is 7.68. The molecule has 0 aromatic rings. The quantitative estimate of drug-likeness (QED) is 0.734. The summed E-state index contributed by atoms with van der Waals surface area (Å²) < 4.78 is 5.78. The number of rotatable bonds is 7. The molecule has 3 heteroatoms. The lowest BCUT2D eigenvalue weighted by Crippen LogP contribution is -2.41. The minimum absolute atomic E-state index is 0.351. The Morgan fingerprint density at radius 1 is 1.22 bits per heavy atom. The maximum Gasteiger partial charge on any atom is 0.0897 e. The first-order valence-corrected chi connectivity index (χ1v) is 7.68. The maximum absolute atomic E-state index is 9.88. The van der Waals surface area contributed by atoms with Crippen molar-refractivity contribution in [1.29, 1.82) is 0 Å². The van der Waals surface area contributed by atoms with E-state index in [1.54, 1.807) is 0 Å². The standard InChI is InChI=1S/C15H29NO2/c1-15(8-5-9-15)12-16-10-13(17)11-18-14-6-3-2-4-7-14/h13-14,16-17H,2-12H2,1H3. The summed E-state index contributed by atoms with van der Waals surface area (Å²) in [7, 11) is 0. The molecule has 2 rings (SSSR count). The van der Waals surface area contributed by atoms with E-state index in [-0.39, 0.29) is 6.10 Å². The van der Waals surface area contributed by atoms with Crippen molar-refractivity contribution in [1.82, 2.24) is 5.32 Å². The van der Waals surface area contributed by atoms with E-state index in [1.807, 2.05) is 0 Å². The summed E-state index contributed by atoms with van der Waals surface area (Å²) >= 11 is 0. The third-order valence-electron chi connectivity index (χ3n) is 4.57. The van der Waals surface area contributed by atoms with E-state index in [0.717, 1.165) is 6.54 Å². The lowest BCUT2D eigenvalue weighted by atomic mass is 9.70. The molecule has 0 radical (unpaired) electrons. The van der Waals surface area contributed by atoms with Gasteiger partial charge in [0.25, 0.3) is 0 Å². The van der Waals surface area contributed by atoms with Crippen LogP contribution in [0.15, 0.2) is 0 Å². The lowest BCUT2D eigenvalue weighted by Gasteiger charge is -2.38. The number of hydrogen-bond donors (Lipinski definition) is 2. The molecular weight excluding hydrogens is 226 g/mol. The van der Waals surface area contributed by atoms with E-state index in [1.165, 1.54) is 51.4 Å². The number of nitrogens with one attached hydrogen (secondary N) is 1. The Morgan fingerprint density at radius 3 is 2.56 bits per heavy atom. The van der Waals surface area contributed by atoms with Crippen LogP contribution in [0.4, 0.5) is 0 Å². The average Bonchev–Trinajstić information content (AvgIpc) is 2.35. The van der Waals surface area contributed by atoms with Gasteiger partial charge >= 0.3 is 0 Å². The van der Waals surface area contributed by atoms with Crippen molar-refractivity contribution in [2.24, 2.45) is 5.41 Å². The normalized spacial score (nSPS) is 25.7. The third kappa shape index (κ3) is 4.52. The Morgan fingerprint density at radius 2 is 1.94 bits per heavy atom. The van der Waals surface area contributed by atoms with Crippen LogP contribution in [-0.4, -0.2) is 37.0 Å². The topological polar surface area (TPSA) is 41.5 Å². The minimum Gasteiger partial charge on any atom is -0.389 e. The van der Waals surface area contributed by atoms with Gasteiger partial charge in [-0.2, -0.15) is 0 Å². The van der Waals surface area contributed by atoms with Gasteiger partial charge in [0, 0.05) is 13.1 Å². The van der Waals surface area contributed by atoms with Crippen LogP contribution in [0, 0.1) is 5.41 Å². The monoisotopic (exact) mass is 255 g/mol. The van der Waals surface area contributed by atoms with E-state index < -0.39 is 0 Å². The molecule has 3 nitrogen and oxygen atoms in total. The summed E-state index contributed by atoms with van der Waals surface area (Å²) in [6, 6.07) is 0. The molecule has 0 bridgehead atoms. The van der Waals surface area contributed by atoms with Gasteiger partial charge in [-0.25, -0.2) is 0 Å². The molecule has 1 atom stereocenters. The second kappa shape index (κ2) is 6.88. The van der Waals surface area contributed by atoms with Crippen LogP contribution in [-0.2, 0) is 4.74 Å². The van der Waals surface area contributed by atoms with Crippen LogP contribution in [0.2, 0.25) is 0 Å². The number of hydrogen-bond acceptors (Lipinski definition) is 3. The van der Waals surface area contributed by atoms with E-state index >= 15 is 0 Å². The summed E-state index contributed by atoms with van der Waals surface area (Å²) in [5.41, 5.74) is 0.490. The molecule has 0 amide bonds. The average molecular weight is 255 g/mol. The van der Waals surface area contributed by atoms with Crippen LogP contribution in [0.5, 0.6) is 0 Å². The van der Waals surface area contributed by atoms with Crippen molar-refractivity contribution in [2.45, 2.75) is 70.5 Å². The zero-order valence-electron chi connectivity index (χ0n) is 11.8. The van der Waals surface area contributed by atoms with E-state index in [0.29, 0.717) is 24.7 Å². The Bertz CT molecular complexity index is 235. The first kappa shape index (κ1) is 14.3. The minimum atomic E-state index is -0.351. The van der Waals surface area contributed by atoms with Gasteiger partial charge in [-0.1, -0.05) is 32.6 Å². The largest absolute Gasteiger partial charge is 0.389 e. The second-order valence-corrected chi connectivity index (χ2v) is 6.54. The Labute approximate surface area is 111 Å². The van der Waals surface area contributed by atoms with E-state index in [9.17, 15) is 5.11 Å². The molecule has 2 aliphatic carbocycles. The fraction of sp³-hybridized carbons (Fsp3) is 1.00. The molecule has 0 spiro atoms. The Balaban J connectivity index is 1.50. The van der Waals surface area contributed by atoms with Crippen molar-refractivity contribution >= 4 is 0 Å². The molecule has 2 aliphatic rings. The number of ether oxygens (including phenoxy) is 1. The van der Waals surface area contributed by atoms with Gasteiger partial charge in [0.05, 0.1) is 18.8 Å². The fourth-order valence-electron chi connectivity index (χ4n) is 3.04. The molecule has 18 heavy (non-hydrogen) atoms. The highest BCUT2D eigenvalue weighted by Crippen LogP contribution is 2.39. The molecule has 2 saturated carbocycles. The number of aliphatic hydroxyl groups excluding tert-OH is 1. The van der Waals surface area contributed by atoms with E-state index in [2.05, 4.69) is 12.2 Å². The molecule has 0 saturated heterocycles. The summed E-state index contributed by atoms with van der Waals surface area (Å²) in [5, 5.41) is 13.3. The molecule has 0 aromatic heterocycles. The van der Waals surface area contributed by atoms with Gasteiger partial charge in [-0.05, 0) is 31.1 Å². The smallest absolute Gasteiger partial charge is 0.0897 e. The van der Waals surface area contributed by atoms with Gasteiger partial charge in [0.2, 0.25) is 0 Å². The SMILES string of the molecule is CC1(CNCC(O)COC2CCCCC2)CCC1. The highest BCUT2D eigenvalue weighted by atomic mass is 16.5. The van der Waals surface area contributed by atoms with Crippen LogP contribution >= 0.6 is 0 Å². The lowest BCUT2D eigenvalue weighted by molar-refractivity contribution is -0.0239. The summed E-state index contributed by atoms with van der Waals surface area (Å²) in [5.74, 6) is 0. The van der Waals surface area contributed by atoms with Crippen LogP contribution in [0.3, 0.4) is 0 Å². The number of aliphatic hydroxyl groups is 1. The summed E-state index contributed by atoms with van der Waals surface area (Å²) in [6.07, 6.45) is 10.4. The predicted molar refractivity (Wildman–Crippen MR) is 73.7 cm³/mol. The van der Waals surface area contributed by atoms with Crippen molar-refractivity contribution in [3.63, 3.8) is 0 Å². The van der Waals surface area contributed by atoms with Crippen molar-refractivity contribution in [3.05, 3.63) is 0 Å². The van der Waals surface area contributed by atoms with Crippen LogP contribution < -0.4 is 5.32 Å². The van der Waals surface area contributed by atoms with Gasteiger partial charge in [-0.15, -0.1) is 0 Å². The molecule has 0 aliphatic heterocycles. The first-order chi connectivity index (χ1) is 8.68. The zero-order chi connectivity index (χ0) is 12.8. The maximum atomic E-state index is 9.88. The van der Waals surface area contributed by atoms with Gasteiger partial charge < -0.3 is 15.2 Å². The third-order valence-corrected chi connectivity index (χ3v) is 4.57. The molecule has 0 heterocycles. The van der Waals surface area contributed by atoms with E-state index in [4.69, 9.17) is 4.74 Å². The highest BCUT2D eigenvalue weighted by molar-refractivity contribution is 4.85. The van der Waals surface area contributed by atoms with Gasteiger partial charge in [-0.3, -0.25) is 0 Å². The molecule has 106 valence electrons. The van der Waals surface area contributed by atoms with Crippen molar-refractivity contribution < 1.29 is 9.84 Å². The molecular formula is C15H29NO2. The summed E-state index contributed by atoms with van der Waals surface area (Å²) in [4.78, 5) is 0. The van der Waals surface area contributed by atoms with Crippen LogP contribution in [0.1, 0.15) is 58.3 Å². The molecule has 2 N–H and O–H groups in total. The summed E-state index contributed by atoms with van der Waals surface area (Å²) in [6.45, 7) is 4.53. The Hall–Kier alpha value is -0.120. The highest BCUT2D eigenvalue weighted by Gasteiger charge is 2.31. The zero-order valence-corrected chi connectivity index (χ0v) is 11.8. The van der Waals surface area contributed by atoms with Crippen molar-refractivity contribution in [3.8, 4) is 0 Å². The molecule has 2 fully saturated rings. The van der Waals surface area contributed by atoms with Crippen molar-refractivity contribution in [2.75, 3.05) is 19.7 Å².